The molecule has 1 aliphatic heterocycles. The van der Waals surface area contributed by atoms with Gasteiger partial charge in [-0.2, -0.15) is 4.31 Å². The van der Waals surface area contributed by atoms with E-state index < -0.39 is 28.3 Å². The van der Waals surface area contributed by atoms with Crippen LogP contribution < -0.4 is 11.1 Å². The number of hydrogen-bond donors (Lipinski definition) is 4. The highest BCUT2D eigenvalue weighted by atomic mass is 32.2. The molecule has 2 atom stereocenters. The minimum Gasteiger partial charge on any atom is -0.443 e. The van der Waals surface area contributed by atoms with Gasteiger partial charge in [0.2, 0.25) is 10.0 Å². The molecule has 1 amide bonds. The summed E-state index contributed by atoms with van der Waals surface area (Å²) in [6.45, 7) is 3.83. The van der Waals surface area contributed by atoms with Crippen LogP contribution in [0.5, 0.6) is 0 Å². The van der Waals surface area contributed by atoms with E-state index in [-0.39, 0.29) is 43.4 Å². The van der Waals surface area contributed by atoms with Crippen molar-refractivity contribution < 1.29 is 23.1 Å². The molecule has 0 radical (unpaired) electrons. The third-order valence-corrected chi connectivity index (χ3v) is 8.33. The number of aliphatic hydroxyl groups is 1. The van der Waals surface area contributed by atoms with Crippen LogP contribution in [0, 0.1) is 5.92 Å². The van der Waals surface area contributed by atoms with E-state index in [9.17, 15) is 18.3 Å². The summed E-state index contributed by atoms with van der Waals surface area (Å²) in [5.41, 5.74) is 8.80. The number of benzene rings is 1. The molecule has 1 aromatic carbocycles. The zero-order chi connectivity index (χ0) is 28.0. The highest BCUT2D eigenvalue weighted by Crippen LogP contribution is 2.28. The predicted molar refractivity (Wildman–Crippen MR) is 150 cm³/mol. The summed E-state index contributed by atoms with van der Waals surface area (Å²) in [6.07, 6.45) is 5.17. The number of alkyl carbamates (subject to hydrolysis) is 1. The summed E-state index contributed by atoms with van der Waals surface area (Å²) >= 11 is 0. The first-order valence-electron chi connectivity index (χ1n) is 12.9. The maximum absolute atomic E-state index is 13.8. The Morgan fingerprint density at radius 2 is 1.95 bits per heavy atom. The number of aromatic amines is 1. The molecule has 10 nitrogen and oxygen atoms in total. The number of hydrogen-bond acceptors (Lipinski definition) is 7. The molecule has 208 valence electrons. The number of nitrogens with zero attached hydrogens (tertiary/aromatic N) is 2. The van der Waals surface area contributed by atoms with E-state index in [4.69, 9.17) is 10.5 Å². The van der Waals surface area contributed by atoms with E-state index in [2.05, 4.69) is 15.3 Å². The molecule has 4 rings (SSSR count). The molecule has 0 bridgehead atoms. The van der Waals surface area contributed by atoms with Gasteiger partial charge in [0.05, 0.1) is 28.5 Å². The van der Waals surface area contributed by atoms with E-state index in [1.54, 1.807) is 36.6 Å². The third-order valence-electron chi connectivity index (χ3n) is 6.41. The van der Waals surface area contributed by atoms with E-state index in [0.29, 0.717) is 11.5 Å². The van der Waals surface area contributed by atoms with Gasteiger partial charge >= 0.3 is 6.09 Å². The Bertz CT molecular complexity index is 1380. The minimum absolute atomic E-state index is 0.00491. The summed E-state index contributed by atoms with van der Waals surface area (Å²) < 4.78 is 34.1. The van der Waals surface area contributed by atoms with Gasteiger partial charge in [-0.3, -0.25) is 0 Å². The van der Waals surface area contributed by atoms with Crippen LogP contribution in [-0.4, -0.2) is 59.9 Å². The summed E-state index contributed by atoms with van der Waals surface area (Å²) in [6, 6.07) is 12.2. The van der Waals surface area contributed by atoms with Crippen molar-refractivity contribution in [1.29, 1.82) is 0 Å². The molecule has 0 saturated carbocycles. The maximum Gasteiger partial charge on any atom is 0.407 e. The van der Waals surface area contributed by atoms with Gasteiger partial charge in [0.25, 0.3) is 0 Å². The molecule has 2 unspecified atom stereocenters. The summed E-state index contributed by atoms with van der Waals surface area (Å²) in [7, 11) is -3.95. The zero-order valence-electron chi connectivity index (χ0n) is 22.1. The van der Waals surface area contributed by atoms with Crippen molar-refractivity contribution >= 4 is 21.8 Å². The molecule has 0 saturated heterocycles. The highest BCUT2D eigenvalue weighted by Gasteiger charge is 2.34. The molecule has 0 spiro atoms. The number of fused-ring (bicyclic) bond motifs is 1. The van der Waals surface area contributed by atoms with Gasteiger partial charge < -0.3 is 25.9 Å². The Kier molecular flexibility index (Phi) is 9.05. The number of carbonyl (C=O) groups is 1. The van der Waals surface area contributed by atoms with Gasteiger partial charge in [-0.25, -0.2) is 18.2 Å². The van der Waals surface area contributed by atoms with Crippen molar-refractivity contribution in [2.24, 2.45) is 16.6 Å². The number of ether oxygens (including phenoxy) is 1. The number of nitrogens with two attached hydrogens (primary N) is 1. The molecule has 0 fully saturated rings. The van der Waals surface area contributed by atoms with Crippen LogP contribution in [0.3, 0.4) is 0 Å². The number of allylic oxidation sites excluding steroid dienone is 5. The minimum atomic E-state index is -3.95. The Labute approximate surface area is 229 Å². The number of H-pyrrole nitrogens is 1. The summed E-state index contributed by atoms with van der Waals surface area (Å²) in [4.78, 5) is 20.0. The van der Waals surface area contributed by atoms with Crippen molar-refractivity contribution in [3.05, 3.63) is 94.4 Å². The molecule has 1 aromatic heterocycles. The van der Waals surface area contributed by atoms with Crippen LogP contribution in [0.4, 0.5) is 4.79 Å². The third kappa shape index (κ3) is 7.47. The Morgan fingerprint density at radius 3 is 2.64 bits per heavy atom. The monoisotopic (exact) mass is 553 g/mol. The van der Waals surface area contributed by atoms with Gasteiger partial charge in [0.1, 0.15) is 12.4 Å². The van der Waals surface area contributed by atoms with E-state index >= 15 is 0 Å². The lowest BCUT2D eigenvalue weighted by Crippen LogP contribution is -2.51. The fourth-order valence-corrected chi connectivity index (χ4v) is 6.22. The first kappa shape index (κ1) is 28.3. The zero-order valence-corrected chi connectivity index (χ0v) is 22.9. The van der Waals surface area contributed by atoms with E-state index in [0.717, 1.165) is 16.8 Å². The first-order chi connectivity index (χ1) is 18.6. The molecule has 1 aliphatic carbocycles. The van der Waals surface area contributed by atoms with Gasteiger partial charge in [-0.1, -0.05) is 50.3 Å². The van der Waals surface area contributed by atoms with Crippen LogP contribution in [0.25, 0.3) is 0 Å². The van der Waals surface area contributed by atoms with E-state index in [1.807, 2.05) is 44.2 Å². The number of rotatable bonds is 12. The smallest absolute Gasteiger partial charge is 0.407 e. The van der Waals surface area contributed by atoms with Crippen molar-refractivity contribution in [1.82, 2.24) is 14.6 Å². The summed E-state index contributed by atoms with van der Waals surface area (Å²) in [5.74, 6) is 0.338. The van der Waals surface area contributed by atoms with Crippen molar-refractivity contribution in [3.8, 4) is 0 Å². The van der Waals surface area contributed by atoms with E-state index in [1.165, 1.54) is 4.31 Å². The lowest BCUT2D eigenvalue weighted by atomic mass is 10.0. The second-order valence-electron chi connectivity index (χ2n) is 10.1. The summed E-state index contributed by atoms with van der Waals surface area (Å²) in [5, 5.41) is 14.1. The number of aliphatic imine (C=N–C) groups is 1. The van der Waals surface area contributed by atoms with Crippen LogP contribution >= 0.6 is 0 Å². The SMILES string of the molecule is CC(C)CN(CC(O)C(Cc1ccccc1)NC(=O)OCc1ccc[nH]1)S(=O)(=O)C1=CC=C2C=C(N)N=C2C1. The standard InChI is InChI=1S/C28H35N5O5S/c1-19(2)16-33(39(36,37)23-11-10-21-14-27(29)31-24(21)15-23)17-26(34)25(13-20-7-4-3-5-8-20)32-28(35)38-18-22-9-6-12-30-22/h3-12,14,19,25-26,30,34H,13,15-18,29H2,1-2H3,(H,32,35). The van der Waals surface area contributed by atoms with Gasteiger partial charge in [-0.05, 0) is 42.2 Å². The molecule has 2 heterocycles. The topological polar surface area (TPSA) is 150 Å². The van der Waals surface area contributed by atoms with Crippen LogP contribution in [0.15, 0.2) is 88.2 Å². The average Bonchev–Trinajstić information content (AvgIpc) is 3.55. The van der Waals surface area contributed by atoms with Crippen molar-refractivity contribution in [2.45, 2.75) is 45.4 Å². The Balaban J connectivity index is 1.51. The number of carbonyl (C=O) groups excluding carboxylic acids is 1. The number of amides is 1. The fourth-order valence-electron chi connectivity index (χ4n) is 4.49. The maximum atomic E-state index is 13.8. The van der Waals surface area contributed by atoms with Crippen molar-refractivity contribution in [3.63, 3.8) is 0 Å². The van der Waals surface area contributed by atoms with Crippen LogP contribution in [-0.2, 0) is 27.8 Å². The van der Waals surface area contributed by atoms with Gasteiger partial charge in [0, 0.05) is 31.3 Å². The molecular weight excluding hydrogens is 518 g/mol. The number of aromatic nitrogens is 1. The molecule has 5 N–H and O–H groups in total. The molecule has 2 aromatic rings. The second kappa shape index (κ2) is 12.5. The largest absolute Gasteiger partial charge is 0.443 e. The quantitative estimate of drug-likeness (QED) is 0.317. The number of nitrogens with one attached hydrogen (secondary N) is 2. The lowest BCUT2D eigenvalue weighted by molar-refractivity contribution is 0.0871. The molecular formula is C28H35N5O5S. The lowest BCUT2D eigenvalue weighted by Gasteiger charge is -2.31. The van der Waals surface area contributed by atoms with Crippen LogP contribution in [0.1, 0.15) is 31.5 Å². The molecule has 2 aliphatic rings. The first-order valence-corrected chi connectivity index (χ1v) is 14.3. The van der Waals surface area contributed by atoms with Crippen molar-refractivity contribution in [2.75, 3.05) is 13.1 Å². The molecule has 11 heteroatoms. The number of sulfonamides is 1. The Morgan fingerprint density at radius 1 is 1.18 bits per heavy atom. The fraction of sp³-hybridized carbons (Fsp3) is 0.357. The Hall–Kier alpha value is -3.67. The number of aliphatic hydroxyl groups excluding tert-OH is 1. The molecule has 39 heavy (non-hydrogen) atoms. The van der Waals surface area contributed by atoms with Gasteiger partial charge in [0.15, 0.2) is 0 Å². The second-order valence-corrected chi connectivity index (χ2v) is 12.0. The predicted octanol–water partition coefficient (Wildman–Crippen LogP) is 2.97. The highest BCUT2D eigenvalue weighted by molar-refractivity contribution is 7.93. The van der Waals surface area contributed by atoms with Crippen LogP contribution in [0.2, 0.25) is 0 Å². The van der Waals surface area contributed by atoms with Gasteiger partial charge in [-0.15, -0.1) is 0 Å². The normalized spacial score (nSPS) is 16.6. The average molecular weight is 554 g/mol.